The van der Waals surface area contributed by atoms with E-state index in [1.54, 1.807) is 19.4 Å². The summed E-state index contributed by atoms with van der Waals surface area (Å²) in [7, 11) is 1.60. The van der Waals surface area contributed by atoms with Gasteiger partial charge in [0, 0.05) is 55.3 Å². The van der Waals surface area contributed by atoms with Gasteiger partial charge < -0.3 is 34.6 Å². The summed E-state index contributed by atoms with van der Waals surface area (Å²) in [6.45, 7) is 2.12. The van der Waals surface area contributed by atoms with Crippen molar-refractivity contribution in [2.24, 2.45) is 11.7 Å². The Morgan fingerprint density at radius 1 is 1.09 bits per heavy atom. The van der Waals surface area contributed by atoms with Gasteiger partial charge in [-0.05, 0) is 67.6 Å². The number of ether oxygens (including phenoxy) is 2. The Bertz CT molecular complexity index is 1960. The highest BCUT2D eigenvalue weighted by Gasteiger charge is 2.47. The molecule has 1 aliphatic carbocycles. The van der Waals surface area contributed by atoms with E-state index in [1.165, 1.54) is 0 Å². The van der Waals surface area contributed by atoms with E-state index >= 15 is 0 Å². The summed E-state index contributed by atoms with van der Waals surface area (Å²) in [5.41, 5.74) is 10.7. The highest BCUT2D eigenvalue weighted by Crippen LogP contribution is 2.39. The van der Waals surface area contributed by atoms with Crippen molar-refractivity contribution in [3.63, 3.8) is 0 Å². The third-order valence-corrected chi connectivity index (χ3v) is 9.58. The van der Waals surface area contributed by atoms with Crippen molar-refractivity contribution in [2.75, 3.05) is 25.6 Å². The van der Waals surface area contributed by atoms with Crippen molar-refractivity contribution in [3.05, 3.63) is 66.4 Å². The number of carbonyl (C=O) groups excluding carboxylic acids is 2. The topological polar surface area (TPSA) is 130 Å². The van der Waals surface area contributed by atoms with E-state index in [-0.39, 0.29) is 30.3 Å². The van der Waals surface area contributed by atoms with Gasteiger partial charge in [-0.15, -0.1) is 0 Å². The largest absolute Gasteiger partial charge is 0.494 e. The third kappa shape index (κ3) is 4.61. The number of aromatic nitrogens is 4. The molecule has 1 saturated heterocycles. The maximum atomic E-state index is 13.8. The fraction of sp³-hybridized carbons (Fsp3) is 0.353. The lowest BCUT2D eigenvalue weighted by Crippen LogP contribution is -2.41. The number of nitrogens with two attached hydrogens (primary N) is 1. The average molecular weight is 606 g/mol. The lowest BCUT2D eigenvalue weighted by Gasteiger charge is -2.27. The zero-order chi connectivity index (χ0) is 30.7. The van der Waals surface area contributed by atoms with Crippen molar-refractivity contribution in [3.8, 4) is 23.0 Å². The van der Waals surface area contributed by atoms with Crippen molar-refractivity contribution >= 4 is 39.6 Å². The van der Waals surface area contributed by atoms with Crippen LogP contribution < -0.4 is 20.5 Å². The number of nitrogens with zero attached hydrogens (tertiary/aromatic N) is 5. The van der Waals surface area contributed by atoms with E-state index in [1.807, 2.05) is 51.9 Å². The average Bonchev–Trinajstić information content (AvgIpc) is 3.81. The lowest BCUT2D eigenvalue weighted by molar-refractivity contribution is -0.116. The number of pyridine rings is 1. The van der Waals surface area contributed by atoms with E-state index in [4.69, 9.17) is 25.2 Å². The Morgan fingerprint density at radius 2 is 1.98 bits per heavy atom. The second kappa shape index (κ2) is 10.9. The number of likely N-dealkylation sites (tertiary alicyclic amines) is 1. The van der Waals surface area contributed by atoms with Gasteiger partial charge in [-0.1, -0.05) is 12.1 Å². The minimum Gasteiger partial charge on any atom is -0.494 e. The van der Waals surface area contributed by atoms with Crippen LogP contribution in [0.25, 0.3) is 33.6 Å². The zero-order valence-corrected chi connectivity index (χ0v) is 25.1. The minimum atomic E-state index is -0.149. The minimum absolute atomic E-state index is 0.0282. The first kappa shape index (κ1) is 27.6. The smallest absolute Gasteiger partial charge is 0.254 e. The number of methoxy groups -OCH3 is 1. The van der Waals surface area contributed by atoms with Gasteiger partial charge >= 0.3 is 0 Å². The van der Waals surface area contributed by atoms with Gasteiger partial charge in [-0.3, -0.25) is 9.59 Å². The fourth-order valence-electron chi connectivity index (χ4n) is 7.40. The molecule has 3 N–H and O–H groups in total. The van der Waals surface area contributed by atoms with Gasteiger partial charge in [0.1, 0.15) is 22.7 Å². The molecule has 230 valence electrons. The summed E-state index contributed by atoms with van der Waals surface area (Å²) in [4.78, 5) is 38.9. The van der Waals surface area contributed by atoms with Crippen LogP contribution in [0.1, 0.15) is 36.0 Å². The maximum absolute atomic E-state index is 13.8. The Kier molecular flexibility index (Phi) is 6.71. The van der Waals surface area contributed by atoms with Crippen LogP contribution in [-0.4, -0.2) is 68.2 Å². The molecule has 8 rings (SSSR count). The van der Waals surface area contributed by atoms with Gasteiger partial charge in [-0.25, -0.2) is 9.97 Å². The Morgan fingerprint density at radius 3 is 2.80 bits per heavy atom. The van der Waals surface area contributed by atoms with Crippen molar-refractivity contribution < 1.29 is 19.1 Å². The molecule has 3 aromatic heterocycles. The van der Waals surface area contributed by atoms with Gasteiger partial charge in [0.15, 0.2) is 5.82 Å². The van der Waals surface area contributed by atoms with Gasteiger partial charge in [0.25, 0.3) is 5.91 Å². The van der Waals surface area contributed by atoms with E-state index < -0.39 is 0 Å². The van der Waals surface area contributed by atoms with Crippen LogP contribution in [0.3, 0.4) is 0 Å². The van der Waals surface area contributed by atoms with Gasteiger partial charge in [-0.2, -0.15) is 0 Å². The van der Waals surface area contributed by atoms with Crippen LogP contribution in [-0.2, 0) is 17.9 Å². The van der Waals surface area contributed by atoms with Crippen LogP contribution in [0.15, 0.2) is 60.8 Å². The maximum Gasteiger partial charge on any atom is 0.254 e. The predicted molar refractivity (Wildman–Crippen MR) is 170 cm³/mol. The molecule has 0 radical (unpaired) electrons. The van der Waals surface area contributed by atoms with E-state index in [9.17, 15) is 9.59 Å². The number of hydrogen-bond acceptors (Lipinski definition) is 7. The summed E-state index contributed by atoms with van der Waals surface area (Å²) in [6, 6.07) is 17.3. The van der Waals surface area contributed by atoms with Gasteiger partial charge in [0.2, 0.25) is 5.91 Å². The molecular formula is C34H35N7O4. The van der Waals surface area contributed by atoms with Crippen LogP contribution in [0.2, 0.25) is 0 Å². The molecule has 2 amide bonds. The molecule has 5 heterocycles. The molecule has 2 bridgehead atoms. The zero-order valence-electron chi connectivity index (χ0n) is 25.1. The summed E-state index contributed by atoms with van der Waals surface area (Å²) in [6.07, 6.45) is 4.69. The number of para-hydroxylation sites is 2. The summed E-state index contributed by atoms with van der Waals surface area (Å²) in [5.74, 6) is 2.00. The first-order chi connectivity index (χ1) is 22.0. The number of piperidine rings is 1. The highest BCUT2D eigenvalue weighted by molar-refractivity contribution is 6.01. The molecule has 3 aliphatic rings. The molecule has 11 heteroatoms. The lowest BCUT2D eigenvalue weighted by atomic mass is 10.1. The number of amides is 2. The molecule has 3 atom stereocenters. The molecule has 11 nitrogen and oxygen atoms in total. The molecule has 0 spiro atoms. The highest BCUT2D eigenvalue weighted by atomic mass is 16.5. The van der Waals surface area contributed by atoms with Crippen LogP contribution in [0, 0.1) is 5.92 Å². The number of hydrogen-bond donors (Lipinski definition) is 2. The molecule has 0 unspecified atom stereocenters. The molecular weight excluding hydrogens is 570 g/mol. The van der Waals surface area contributed by atoms with Crippen LogP contribution >= 0.6 is 0 Å². The summed E-state index contributed by atoms with van der Waals surface area (Å²) < 4.78 is 16.2. The summed E-state index contributed by atoms with van der Waals surface area (Å²) >= 11 is 0. The Hall–Kier alpha value is -4.90. The number of aryl methyl sites for hydroxylation is 2. The number of fused-ring (bicyclic) bond motifs is 10. The second-order valence-electron chi connectivity index (χ2n) is 12.2. The van der Waals surface area contributed by atoms with Crippen molar-refractivity contribution in [1.29, 1.82) is 0 Å². The molecule has 1 saturated carbocycles. The quantitative estimate of drug-likeness (QED) is 0.305. The van der Waals surface area contributed by atoms with Crippen LogP contribution in [0.4, 0.5) is 5.69 Å². The molecule has 2 fully saturated rings. The van der Waals surface area contributed by atoms with Gasteiger partial charge in [0.05, 0.1) is 30.6 Å². The first-order valence-electron chi connectivity index (χ1n) is 15.6. The number of nitrogens with one attached hydrogen (secondary N) is 1. The van der Waals surface area contributed by atoms with Crippen LogP contribution in [0.5, 0.6) is 11.5 Å². The molecule has 45 heavy (non-hydrogen) atoms. The first-order valence-corrected chi connectivity index (χ1v) is 15.6. The van der Waals surface area contributed by atoms with E-state index in [0.717, 1.165) is 35.1 Å². The second-order valence-corrected chi connectivity index (χ2v) is 12.2. The Labute approximate surface area is 259 Å². The van der Waals surface area contributed by atoms with Crippen molar-refractivity contribution in [1.82, 2.24) is 24.0 Å². The number of imidazole rings is 1. The predicted octanol–water partition coefficient (Wildman–Crippen LogP) is 4.43. The molecule has 2 aromatic carbocycles. The third-order valence-electron chi connectivity index (χ3n) is 9.58. The summed E-state index contributed by atoms with van der Waals surface area (Å²) in [5, 5.41) is 4.01. The standard InChI is InChI=1S/C34H35N7O4/c1-44-28-18-22(34(43)41-19-21-9-10-25(41)30(21)35)16-24-31(28)40-14-11-29(42)37-23-7-2-3-8-27(23)45-15-5-13-39-26(33(40)38-24)17-20-6-4-12-36-32(20)39/h2-4,6-8,12,16-18,21,25,30H,5,9-11,13-15,19,35H2,1H3,(H,37,42)/t21-,25-,30-/m1/s1. The number of carbonyl (C=O) groups is 2. The van der Waals surface area contributed by atoms with Crippen molar-refractivity contribution in [2.45, 2.75) is 50.9 Å². The number of anilines is 1. The van der Waals surface area contributed by atoms with E-state index in [0.29, 0.717) is 72.7 Å². The number of rotatable bonds is 2. The monoisotopic (exact) mass is 605 g/mol. The molecule has 2 aliphatic heterocycles. The number of benzene rings is 2. The fourth-order valence-corrected chi connectivity index (χ4v) is 7.40. The normalized spacial score (nSPS) is 21.5. The van der Waals surface area contributed by atoms with E-state index in [2.05, 4.69) is 16.0 Å². The Balaban J connectivity index is 1.27. The SMILES string of the molecule is COc1cc(C(=O)N2C[C@H]3CC[C@@H]2[C@@H]3N)cc2nc3n(c12)CCC(=O)Nc1ccccc1OCCCn1c-3cc2cccnc21. The molecule has 5 aromatic rings.